The van der Waals surface area contributed by atoms with Crippen LogP contribution in [0.2, 0.25) is 0 Å². The van der Waals surface area contributed by atoms with Gasteiger partial charge in [-0.15, -0.1) is 0 Å². The second-order valence-electron chi connectivity index (χ2n) is 5.05. The molecule has 1 aliphatic heterocycles. The van der Waals surface area contributed by atoms with Crippen molar-refractivity contribution < 1.29 is 9.90 Å². The average molecular weight is 260 g/mol. The number of hydrogen-bond donors (Lipinski definition) is 1. The van der Waals surface area contributed by atoms with Crippen molar-refractivity contribution in [2.24, 2.45) is 0 Å². The Bertz CT molecular complexity index is 467. The monoisotopic (exact) mass is 260 g/mol. The summed E-state index contributed by atoms with van der Waals surface area (Å²) >= 11 is 0. The van der Waals surface area contributed by atoms with E-state index in [1.54, 1.807) is 18.2 Å². The molecule has 19 heavy (non-hydrogen) atoms. The molecule has 0 aromatic heterocycles. The Morgan fingerprint density at radius 3 is 2.21 bits per heavy atom. The Hall–Kier alpha value is -1.97. The molecular formula is C15H20N2O2. The Balaban J connectivity index is 1.94. The van der Waals surface area contributed by atoms with Gasteiger partial charge in [0.05, 0.1) is 0 Å². The largest absolute Gasteiger partial charge is 0.508 e. The van der Waals surface area contributed by atoms with Crippen LogP contribution in [-0.2, 0) is 4.79 Å². The van der Waals surface area contributed by atoms with E-state index in [2.05, 4.69) is 4.90 Å². The number of amides is 1. The van der Waals surface area contributed by atoms with Crippen molar-refractivity contribution in [3.63, 3.8) is 0 Å². The minimum absolute atomic E-state index is 0.102. The molecule has 1 aromatic carbocycles. The van der Waals surface area contributed by atoms with Crippen molar-refractivity contribution in [2.75, 3.05) is 31.1 Å². The number of aromatic hydroxyl groups is 1. The fraction of sp³-hybridized carbons (Fsp3) is 0.400. The number of carbonyl (C=O) groups is 1. The number of anilines is 1. The number of nitrogens with zero attached hydrogens (tertiary/aromatic N) is 2. The van der Waals surface area contributed by atoms with Crippen LogP contribution in [0.3, 0.4) is 0 Å². The lowest BCUT2D eigenvalue weighted by molar-refractivity contribution is -0.126. The van der Waals surface area contributed by atoms with E-state index in [-0.39, 0.29) is 11.7 Å². The summed E-state index contributed by atoms with van der Waals surface area (Å²) in [6, 6.07) is 7.19. The van der Waals surface area contributed by atoms with E-state index >= 15 is 0 Å². The van der Waals surface area contributed by atoms with Crippen LogP contribution in [0.1, 0.15) is 13.8 Å². The molecule has 1 N–H and O–H groups in total. The van der Waals surface area contributed by atoms with Gasteiger partial charge in [-0.1, -0.05) is 5.57 Å². The van der Waals surface area contributed by atoms with E-state index in [4.69, 9.17) is 0 Å². The first-order valence-corrected chi connectivity index (χ1v) is 6.54. The number of rotatable bonds is 2. The number of benzene rings is 1. The van der Waals surface area contributed by atoms with Gasteiger partial charge in [-0.2, -0.15) is 0 Å². The molecule has 1 saturated heterocycles. The molecule has 102 valence electrons. The molecule has 1 heterocycles. The predicted molar refractivity (Wildman–Crippen MR) is 76.3 cm³/mol. The molecule has 1 aromatic rings. The third-order valence-electron chi connectivity index (χ3n) is 3.22. The van der Waals surface area contributed by atoms with E-state index < -0.39 is 0 Å². The highest BCUT2D eigenvalue weighted by molar-refractivity contribution is 5.88. The first kappa shape index (κ1) is 13.5. The summed E-state index contributed by atoms with van der Waals surface area (Å²) in [6.07, 6.45) is 1.69. The summed E-state index contributed by atoms with van der Waals surface area (Å²) < 4.78 is 0. The van der Waals surface area contributed by atoms with Gasteiger partial charge in [0.2, 0.25) is 5.91 Å². The van der Waals surface area contributed by atoms with Gasteiger partial charge in [-0.05, 0) is 38.1 Å². The lowest BCUT2D eigenvalue weighted by Crippen LogP contribution is -2.48. The van der Waals surface area contributed by atoms with Crippen molar-refractivity contribution >= 4 is 11.6 Å². The van der Waals surface area contributed by atoms with E-state index in [1.165, 1.54) is 0 Å². The number of carbonyl (C=O) groups excluding carboxylic acids is 1. The number of piperazine rings is 1. The first-order chi connectivity index (χ1) is 9.06. The van der Waals surface area contributed by atoms with Gasteiger partial charge in [0.1, 0.15) is 5.75 Å². The normalized spacial score (nSPS) is 15.3. The molecule has 4 heteroatoms. The molecule has 4 nitrogen and oxygen atoms in total. The Morgan fingerprint density at radius 2 is 1.68 bits per heavy atom. The van der Waals surface area contributed by atoms with Crippen molar-refractivity contribution in [1.82, 2.24) is 4.90 Å². The maximum Gasteiger partial charge on any atom is 0.246 e. The second-order valence-corrected chi connectivity index (χ2v) is 5.05. The molecular weight excluding hydrogens is 240 g/mol. The van der Waals surface area contributed by atoms with Gasteiger partial charge >= 0.3 is 0 Å². The third-order valence-corrected chi connectivity index (χ3v) is 3.22. The average Bonchev–Trinajstić information content (AvgIpc) is 2.39. The SMILES string of the molecule is CC(C)=CC(=O)N1CCN(c2ccc(O)cc2)CC1. The second kappa shape index (κ2) is 5.78. The molecule has 0 saturated carbocycles. The van der Waals surface area contributed by atoms with Gasteiger partial charge in [0.15, 0.2) is 0 Å². The molecule has 0 radical (unpaired) electrons. The topological polar surface area (TPSA) is 43.8 Å². The van der Waals surface area contributed by atoms with Crippen molar-refractivity contribution in [2.45, 2.75) is 13.8 Å². The van der Waals surface area contributed by atoms with Gasteiger partial charge in [0.25, 0.3) is 0 Å². The fourth-order valence-corrected chi connectivity index (χ4v) is 2.19. The van der Waals surface area contributed by atoms with Crippen LogP contribution in [0.15, 0.2) is 35.9 Å². The van der Waals surface area contributed by atoms with Crippen LogP contribution >= 0.6 is 0 Å². The Kier molecular flexibility index (Phi) is 4.10. The Morgan fingerprint density at radius 1 is 1.11 bits per heavy atom. The molecule has 1 amide bonds. The molecule has 2 rings (SSSR count). The molecule has 0 unspecified atom stereocenters. The van der Waals surface area contributed by atoms with Crippen LogP contribution < -0.4 is 4.90 Å². The summed E-state index contributed by atoms with van der Waals surface area (Å²) in [4.78, 5) is 16.0. The minimum atomic E-state index is 0.102. The predicted octanol–water partition coefficient (Wildman–Crippen LogP) is 2.01. The standard InChI is InChI=1S/C15H20N2O2/c1-12(2)11-15(19)17-9-7-16(8-10-17)13-3-5-14(18)6-4-13/h3-6,11,18H,7-10H2,1-2H3. The highest BCUT2D eigenvalue weighted by Crippen LogP contribution is 2.19. The summed E-state index contributed by atoms with van der Waals surface area (Å²) in [5.41, 5.74) is 2.12. The van der Waals surface area contributed by atoms with Crippen LogP contribution in [0, 0.1) is 0 Å². The van der Waals surface area contributed by atoms with E-state index in [0.29, 0.717) is 0 Å². The summed E-state index contributed by atoms with van der Waals surface area (Å²) in [7, 11) is 0. The summed E-state index contributed by atoms with van der Waals surface area (Å²) in [5, 5.41) is 9.28. The smallest absolute Gasteiger partial charge is 0.246 e. The lowest BCUT2D eigenvalue weighted by atomic mass is 10.2. The Labute approximate surface area is 113 Å². The van der Waals surface area contributed by atoms with Crippen molar-refractivity contribution in [1.29, 1.82) is 0 Å². The van der Waals surface area contributed by atoms with Crippen LogP contribution in [0.25, 0.3) is 0 Å². The van der Waals surface area contributed by atoms with Gasteiger partial charge in [-0.3, -0.25) is 4.79 Å². The maximum absolute atomic E-state index is 11.9. The number of allylic oxidation sites excluding steroid dienone is 1. The van der Waals surface area contributed by atoms with Crippen LogP contribution in [0.4, 0.5) is 5.69 Å². The van der Waals surface area contributed by atoms with Gasteiger partial charge in [-0.25, -0.2) is 0 Å². The third kappa shape index (κ3) is 3.50. The maximum atomic E-state index is 11.9. The highest BCUT2D eigenvalue weighted by atomic mass is 16.3. The molecule has 0 aliphatic carbocycles. The van der Waals surface area contributed by atoms with Crippen LogP contribution in [-0.4, -0.2) is 42.1 Å². The molecule has 0 spiro atoms. The van der Waals surface area contributed by atoms with Crippen LogP contribution in [0.5, 0.6) is 5.75 Å². The zero-order valence-electron chi connectivity index (χ0n) is 11.5. The molecule has 0 atom stereocenters. The summed E-state index contributed by atoms with van der Waals surface area (Å²) in [6.45, 7) is 7.00. The number of phenolic OH excluding ortho intramolecular Hbond substituents is 1. The minimum Gasteiger partial charge on any atom is -0.508 e. The fourth-order valence-electron chi connectivity index (χ4n) is 2.19. The van der Waals surface area contributed by atoms with Crippen molar-refractivity contribution in [3.05, 3.63) is 35.9 Å². The number of hydrogen-bond acceptors (Lipinski definition) is 3. The molecule has 1 fully saturated rings. The van der Waals surface area contributed by atoms with E-state index in [9.17, 15) is 9.90 Å². The molecule has 0 bridgehead atoms. The zero-order chi connectivity index (χ0) is 13.8. The highest BCUT2D eigenvalue weighted by Gasteiger charge is 2.19. The lowest BCUT2D eigenvalue weighted by Gasteiger charge is -2.35. The van der Waals surface area contributed by atoms with Gasteiger partial charge < -0.3 is 14.9 Å². The quantitative estimate of drug-likeness (QED) is 0.827. The van der Waals surface area contributed by atoms with E-state index in [0.717, 1.165) is 37.4 Å². The van der Waals surface area contributed by atoms with Crippen molar-refractivity contribution in [3.8, 4) is 5.75 Å². The molecule has 1 aliphatic rings. The first-order valence-electron chi connectivity index (χ1n) is 6.54. The zero-order valence-corrected chi connectivity index (χ0v) is 11.5. The van der Waals surface area contributed by atoms with Gasteiger partial charge in [0, 0.05) is 37.9 Å². The number of phenols is 1. The summed E-state index contributed by atoms with van der Waals surface area (Å²) in [5.74, 6) is 0.381. The van der Waals surface area contributed by atoms with E-state index in [1.807, 2.05) is 30.9 Å².